The standard InChI is InChI=1S/C12H15BrFN/c1-2-9-7-10(13)12(11(14)8-9)15-5-3-4-6-15/h7-8H,2-6H2,1H3. The van der Waals surface area contributed by atoms with Crippen molar-refractivity contribution in [3.63, 3.8) is 0 Å². The van der Waals surface area contributed by atoms with Gasteiger partial charge in [0, 0.05) is 17.6 Å². The average molecular weight is 272 g/mol. The predicted molar refractivity (Wildman–Crippen MR) is 64.9 cm³/mol. The molecule has 1 nitrogen and oxygen atoms in total. The molecule has 0 bridgehead atoms. The Kier molecular flexibility index (Phi) is 3.29. The zero-order valence-electron chi connectivity index (χ0n) is 8.89. The summed E-state index contributed by atoms with van der Waals surface area (Å²) < 4.78 is 14.8. The highest BCUT2D eigenvalue weighted by molar-refractivity contribution is 9.10. The van der Waals surface area contributed by atoms with Crippen molar-refractivity contribution in [3.8, 4) is 0 Å². The van der Waals surface area contributed by atoms with Crippen LogP contribution in [-0.2, 0) is 6.42 Å². The molecule has 1 aliphatic rings. The topological polar surface area (TPSA) is 3.24 Å². The number of rotatable bonds is 2. The first-order chi connectivity index (χ1) is 7.22. The van der Waals surface area contributed by atoms with Crippen LogP contribution in [-0.4, -0.2) is 13.1 Å². The second kappa shape index (κ2) is 4.52. The van der Waals surface area contributed by atoms with Gasteiger partial charge in [0.2, 0.25) is 0 Å². The minimum absolute atomic E-state index is 0.0943. The van der Waals surface area contributed by atoms with Crippen LogP contribution >= 0.6 is 15.9 Å². The van der Waals surface area contributed by atoms with E-state index in [-0.39, 0.29) is 5.82 Å². The summed E-state index contributed by atoms with van der Waals surface area (Å²) >= 11 is 3.47. The fraction of sp³-hybridized carbons (Fsp3) is 0.500. The lowest BCUT2D eigenvalue weighted by Crippen LogP contribution is -2.19. The van der Waals surface area contributed by atoms with Crippen molar-refractivity contribution >= 4 is 21.6 Å². The molecule has 2 rings (SSSR count). The molecule has 0 unspecified atom stereocenters. The maximum atomic E-state index is 13.9. The minimum Gasteiger partial charge on any atom is -0.368 e. The van der Waals surface area contributed by atoms with Gasteiger partial charge in [0.25, 0.3) is 0 Å². The Morgan fingerprint density at radius 3 is 2.53 bits per heavy atom. The number of hydrogen-bond donors (Lipinski definition) is 0. The lowest BCUT2D eigenvalue weighted by atomic mass is 10.1. The van der Waals surface area contributed by atoms with Crippen molar-refractivity contribution in [1.82, 2.24) is 0 Å². The summed E-state index contributed by atoms with van der Waals surface area (Å²) in [6, 6.07) is 3.68. The highest BCUT2D eigenvalue weighted by Gasteiger charge is 2.19. The zero-order valence-corrected chi connectivity index (χ0v) is 10.5. The van der Waals surface area contributed by atoms with Gasteiger partial charge in [0.15, 0.2) is 0 Å². The summed E-state index contributed by atoms with van der Waals surface area (Å²) in [6.45, 7) is 3.98. The molecule has 1 saturated heterocycles. The van der Waals surface area contributed by atoms with Gasteiger partial charge < -0.3 is 4.90 Å². The molecule has 82 valence electrons. The molecule has 0 aromatic heterocycles. The molecule has 0 saturated carbocycles. The van der Waals surface area contributed by atoms with E-state index < -0.39 is 0 Å². The first-order valence-corrected chi connectivity index (χ1v) is 6.24. The van der Waals surface area contributed by atoms with Crippen molar-refractivity contribution in [2.45, 2.75) is 26.2 Å². The third-order valence-corrected chi connectivity index (χ3v) is 3.51. The van der Waals surface area contributed by atoms with Crippen LogP contribution in [0.4, 0.5) is 10.1 Å². The molecule has 0 N–H and O–H groups in total. The van der Waals surface area contributed by atoms with Gasteiger partial charge >= 0.3 is 0 Å². The third kappa shape index (κ3) is 2.17. The van der Waals surface area contributed by atoms with Crippen molar-refractivity contribution in [1.29, 1.82) is 0 Å². The van der Waals surface area contributed by atoms with Crippen molar-refractivity contribution in [2.24, 2.45) is 0 Å². The highest BCUT2D eigenvalue weighted by Crippen LogP contribution is 2.33. The molecule has 1 fully saturated rings. The molecule has 1 heterocycles. The normalized spacial score (nSPS) is 16.1. The van der Waals surface area contributed by atoms with Gasteiger partial charge in [0.05, 0.1) is 5.69 Å². The third-order valence-electron chi connectivity index (χ3n) is 2.91. The van der Waals surface area contributed by atoms with Crippen LogP contribution in [0.5, 0.6) is 0 Å². The van der Waals surface area contributed by atoms with Crippen LogP contribution in [0.15, 0.2) is 16.6 Å². The lowest BCUT2D eigenvalue weighted by Gasteiger charge is -2.20. The Bertz CT molecular complexity index is 336. The molecule has 0 amide bonds. The van der Waals surface area contributed by atoms with E-state index in [0.717, 1.165) is 35.2 Å². The number of hydrogen-bond acceptors (Lipinski definition) is 1. The summed E-state index contributed by atoms with van der Waals surface area (Å²) in [5, 5.41) is 0. The maximum Gasteiger partial charge on any atom is 0.147 e. The quantitative estimate of drug-likeness (QED) is 0.792. The van der Waals surface area contributed by atoms with Crippen molar-refractivity contribution < 1.29 is 4.39 Å². The molecule has 15 heavy (non-hydrogen) atoms. The Balaban J connectivity index is 2.37. The number of benzene rings is 1. The Morgan fingerprint density at radius 2 is 2.00 bits per heavy atom. The monoisotopic (exact) mass is 271 g/mol. The van der Waals surface area contributed by atoms with Crippen LogP contribution < -0.4 is 4.90 Å². The van der Waals surface area contributed by atoms with E-state index in [1.807, 2.05) is 13.0 Å². The van der Waals surface area contributed by atoms with Crippen LogP contribution in [0.1, 0.15) is 25.3 Å². The van der Waals surface area contributed by atoms with Gasteiger partial charge in [0.1, 0.15) is 5.82 Å². The van der Waals surface area contributed by atoms with Crippen LogP contribution in [0.2, 0.25) is 0 Å². The van der Waals surface area contributed by atoms with Crippen LogP contribution in [0.3, 0.4) is 0 Å². The van der Waals surface area contributed by atoms with E-state index in [2.05, 4.69) is 20.8 Å². The molecule has 1 aliphatic heterocycles. The second-order valence-corrected chi connectivity index (χ2v) is 4.81. The molecule has 1 aromatic rings. The van der Waals surface area contributed by atoms with Crippen LogP contribution in [0, 0.1) is 5.82 Å². The van der Waals surface area contributed by atoms with Gasteiger partial charge in [-0.2, -0.15) is 0 Å². The molecular weight excluding hydrogens is 257 g/mol. The first-order valence-electron chi connectivity index (χ1n) is 5.45. The van der Waals surface area contributed by atoms with E-state index in [1.54, 1.807) is 6.07 Å². The fourth-order valence-electron chi connectivity index (χ4n) is 2.06. The van der Waals surface area contributed by atoms with Gasteiger partial charge in [-0.05, 0) is 52.9 Å². The lowest BCUT2D eigenvalue weighted by molar-refractivity contribution is 0.620. The zero-order chi connectivity index (χ0) is 10.8. The molecule has 1 aromatic carbocycles. The largest absolute Gasteiger partial charge is 0.368 e. The van der Waals surface area contributed by atoms with E-state index in [4.69, 9.17) is 0 Å². The Morgan fingerprint density at radius 1 is 1.33 bits per heavy atom. The molecule has 0 radical (unpaired) electrons. The van der Waals surface area contributed by atoms with Gasteiger partial charge in [-0.25, -0.2) is 4.39 Å². The van der Waals surface area contributed by atoms with Gasteiger partial charge in [-0.1, -0.05) is 6.92 Å². The van der Waals surface area contributed by atoms with Crippen LogP contribution in [0.25, 0.3) is 0 Å². The van der Waals surface area contributed by atoms with E-state index in [0.29, 0.717) is 0 Å². The van der Waals surface area contributed by atoms with Gasteiger partial charge in [-0.15, -0.1) is 0 Å². The number of nitrogens with zero attached hydrogens (tertiary/aromatic N) is 1. The number of aryl methyl sites for hydroxylation is 1. The second-order valence-electron chi connectivity index (χ2n) is 3.96. The molecule has 0 aliphatic carbocycles. The Hall–Kier alpha value is -0.570. The smallest absolute Gasteiger partial charge is 0.147 e. The highest BCUT2D eigenvalue weighted by atomic mass is 79.9. The number of anilines is 1. The first kappa shape index (κ1) is 10.9. The maximum absolute atomic E-state index is 13.9. The summed E-state index contributed by atoms with van der Waals surface area (Å²) in [4.78, 5) is 2.12. The summed E-state index contributed by atoms with van der Waals surface area (Å²) in [5.41, 5.74) is 1.78. The molecular formula is C12H15BrFN. The molecule has 0 spiro atoms. The summed E-state index contributed by atoms with van der Waals surface area (Å²) in [7, 11) is 0. The fourth-order valence-corrected chi connectivity index (χ4v) is 2.80. The van der Waals surface area contributed by atoms with Crippen molar-refractivity contribution in [2.75, 3.05) is 18.0 Å². The SMILES string of the molecule is CCc1cc(F)c(N2CCCC2)c(Br)c1. The van der Waals surface area contributed by atoms with E-state index >= 15 is 0 Å². The summed E-state index contributed by atoms with van der Waals surface area (Å²) in [6.07, 6.45) is 3.21. The van der Waals surface area contributed by atoms with E-state index in [9.17, 15) is 4.39 Å². The number of halogens is 2. The Labute approximate surface area is 98.4 Å². The minimum atomic E-state index is -0.0943. The summed E-state index contributed by atoms with van der Waals surface area (Å²) in [5.74, 6) is -0.0943. The van der Waals surface area contributed by atoms with E-state index in [1.165, 1.54) is 12.8 Å². The van der Waals surface area contributed by atoms with Crippen molar-refractivity contribution in [3.05, 3.63) is 28.0 Å². The molecule has 0 atom stereocenters. The average Bonchev–Trinajstić information content (AvgIpc) is 2.69. The predicted octanol–water partition coefficient (Wildman–Crippen LogP) is 3.75. The molecule has 3 heteroatoms. The van der Waals surface area contributed by atoms with Gasteiger partial charge in [-0.3, -0.25) is 0 Å².